The fourth-order valence-electron chi connectivity index (χ4n) is 1.91. The molecule has 0 radical (unpaired) electrons. The second-order valence-electron chi connectivity index (χ2n) is 4.13. The first-order chi connectivity index (χ1) is 9.99. The first-order valence-electron chi connectivity index (χ1n) is 5.68. The van der Waals surface area contributed by atoms with Gasteiger partial charge >= 0.3 is 5.97 Å². The molecule has 2 aromatic heterocycles. The molecule has 0 saturated carbocycles. The Morgan fingerprint density at radius 1 is 1.38 bits per heavy atom. The van der Waals surface area contributed by atoms with E-state index in [1.54, 1.807) is 0 Å². The number of hydrogen-bond donors (Lipinski definition) is 1. The van der Waals surface area contributed by atoms with Gasteiger partial charge in [-0.25, -0.2) is 9.18 Å². The van der Waals surface area contributed by atoms with Crippen LogP contribution in [-0.2, 0) is 0 Å². The number of nitrogens with zero attached hydrogens (tertiary/aromatic N) is 2. The maximum absolute atomic E-state index is 14.0. The van der Waals surface area contributed by atoms with E-state index in [-0.39, 0.29) is 21.8 Å². The van der Waals surface area contributed by atoms with Crippen LogP contribution in [0.3, 0.4) is 0 Å². The van der Waals surface area contributed by atoms with Gasteiger partial charge in [0.1, 0.15) is 11.5 Å². The van der Waals surface area contributed by atoms with Crippen LogP contribution in [0.5, 0.6) is 0 Å². The lowest BCUT2D eigenvalue weighted by Gasteiger charge is -2.08. The Morgan fingerprint density at radius 2 is 2.14 bits per heavy atom. The molecule has 1 aromatic carbocycles. The van der Waals surface area contributed by atoms with Gasteiger partial charge in [0.25, 0.3) is 0 Å². The number of aromatic carboxylic acids is 1. The van der Waals surface area contributed by atoms with E-state index in [9.17, 15) is 14.0 Å². The van der Waals surface area contributed by atoms with Gasteiger partial charge in [0.05, 0.1) is 11.6 Å². The molecule has 0 aliphatic carbocycles. The van der Waals surface area contributed by atoms with Crippen LogP contribution in [0.15, 0.2) is 39.7 Å². The van der Waals surface area contributed by atoms with Gasteiger partial charge in [-0.3, -0.25) is 4.79 Å². The van der Waals surface area contributed by atoms with Gasteiger partial charge in [0.2, 0.25) is 16.8 Å². The lowest BCUT2D eigenvalue weighted by molar-refractivity contribution is 0.0687. The molecule has 6 nitrogen and oxygen atoms in total. The number of carbonyl (C=O) groups is 1. The van der Waals surface area contributed by atoms with Crippen molar-refractivity contribution in [3.8, 4) is 5.69 Å². The molecule has 0 unspecified atom stereocenters. The molecule has 3 rings (SSSR count). The summed E-state index contributed by atoms with van der Waals surface area (Å²) in [7, 11) is 0. The second-order valence-corrected chi connectivity index (χ2v) is 4.57. The standard InChI is InChI=1S/C13H6ClFN2O4/c14-6-1-2-9(8(15)5-6)17-12-7(3-4-21-12)11(18)10(16-17)13(19)20/h1-5H,(H,19,20). The summed E-state index contributed by atoms with van der Waals surface area (Å²) in [5.74, 6) is -2.24. The zero-order chi connectivity index (χ0) is 15.1. The molecule has 0 amide bonds. The van der Waals surface area contributed by atoms with Crippen LogP contribution in [0.25, 0.3) is 16.8 Å². The molecule has 0 spiro atoms. The summed E-state index contributed by atoms with van der Waals surface area (Å²) in [4.78, 5) is 23.0. The summed E-state index contributed by atoms with van der Waals surface area (Å²) < 4.78 is 20.0. The molecule has 0 aliphatic rings. The van der Waals surface area contributed by atoms with Gasteiger partial charge in [-0.1, -0.05) is 11.6 Å². The van der Waals surface area contributed by atoms with Crippen LogP contribution in [0.1, 0.15) is 10.5 Å². The van der Waals surface area contributed by atoms with Gasteiger partial charge in [0, 0.05) is 5.02 Å². The number of hydrogen-bond acceptors (Lipinski definition) is 4. The highest BCUT2D eigenvalue weighted by molar-refractivity contribution is 6.30. The molecule has 0 atom stereocenters. The normalized spacial score (nSPS) is 11.0. The third-order valence-corrected chi connectivity index (χ3v) is 3.07. The van der Waals surface area contributed by atoms with Crippen molar-refractivity contribution in [1.82, 2.24) is 9.78 Å². The van der Waals surface area contributed by atoms with Crippen LogP contribution in [0, 0.1) is 5.82 Å². The van der Waals surface area contributed by atoms with Crippen molar-refractivity contribution in [1.29, 1.82) is 0 Å². The first-order valence-corrected chi connectivity index (χ1v) is 6.06. The maximum atomic E-state index is 14.0. The number of carboxylic acid groups (broad SMARTS) is 1. The number of carboxylic acids is 1. The lowest BCUT2D eigenvalue weighted by Crippen LogP contribution is -2.22. The van der Waals surface area contributed by atoms with Crippen molar-refractivity contribution in [2.24, 2.45) is 0 Å². The Kier molecular flexibility index (Phi) is 2.99. The molecule has 21 heavy (non-hydrogen) atoms. The van der Waals surface area contributed by atoms with E-state index in [0.29, 0.717) is 0 Å². The van der Waals surface area contributed by atoms with Gasteiger partial charge in [0.15, 0.2) is 0 Å². The Balaban J connectivity index is 2.42. The van der Waals surface area contributed by atoms with E-state index in [1.807, 2.05) is 0 Å². The van der Waals surface area contributed by atoms with Gasteiger partial charge < -0.3 is 9.52 Å². The highest BCUT2D eigenvalue weighted by Crippen LogP contribution is 2.21. The summed E-state index contributed by atoms with van der Waals surface area (Å²) in [6, 6.07) is 5.07. The smallest absolute Gasteiger partial charge is 0.360 e. The Hall–Kier alpha value is -2.67. The molecule has 0 fully saturated rings. The Morgan fingerprint density at radius 3 is 2.81 bits per heavy atom. The highest BCUT2D eigenvalue weighted by Gasteiger charge is 2.20. The zero-order valence-corrected chi connectivity index (χ0v) is 11.0. The second kappa shape index (κ2) is 4.71. The topological polar surface area (TPSA) is 85.3 Å². The monoisotopic (exact) mass is 308 g/mol. The first kappa shape index (κ1) is 13.3. The molecule has 2 heterocycles. The van der Waals surface area contributed by atoms with E-state index in [1.165, 1.54) is 24.5 Å². The Bertz CT molecular complexity index is 932. The van der Waals surface area contributed by atoms with E-state index in [0.717, 1.165) is 10.7 Å². The number of furan rings is 1. The number of rotatable bonds is 2. The van der Waals surface area contributed by atoms with Crippen molar-refractivity contribution in [2.75, 3.05) is 0 Å². The van der Waals surface area contributed by atoms with Gasteiger partial charge in [-0.05, 0) is 24.3 Å². The minimum Gasteiger partial charge on any atom is -0.476 e. The van der Waals surface area contributed by atoms with Crippen molar-refractivity contribution in [3.05, 3.63) is 57.3 Å². The Labute approximate surface area is 121 Å². The predicted octanol–water partition coefficient (Wildman–Crippen LogP) is 2.47. The van der Waals surface area contributed by atoms with Crippen molar-refractivity contribution >= 4 is 28.7 Å². The van der Waals surface area contributed by atoms with E-state index in [4.69, 9.17) is 21.1 Å². The summed E-state index contributed by atoms with van der Waals surface area (Å²) in [6.07, 6.45) is 1.20. The van der Waals surface area contributed by atoms with Gasteiger partial charge in [-0.2, -0.15) is 9.78 Å². The molecule has 0 saturated heterocycles. The molecular formula is C13H6ClFN2O4. The third-order valence-electron chi connectivity index (χ3n) is 2.84. The van der Waals surface area contributed by atoms with E-state index < -0.39 is 22.9 Å². The van der Waals surface area contributed by atoms with E-state index >= 15 is 0 Å². The summed E-state index contributed by atoms with van der Waals surface area (Å²) in [6.45, 7) is 0. The van der Waals surface area contributed by atoms with Crippen molar-refractivity contribution < 1.29 is 18.7 Å². The van der Waals surface area contributed by atoms with Crippen molar-refractivity contribution in [3.63, 3.8) is 0 Å². The van der Waals surface area contributed by atoms with Crippen molar-refractivity contribution in [2.45, 2.75) is 0 Å². The molecule has 106 valence electrons. The average Bonchev–Trinajstić information content (AvgIpc) is 2.89. The molecule has 1 N–H and O–H groups in total. The van der Waals surface area contributed by atoms with Crippen LogP contribution in [0.2, 0.25) is 5.02 Å². The van der Waals surface area contributed by atoms with Crippen LogP contribution in [-0.4, -0.2) is 20.9 Å². The SMILES string of the molecule is O=C(O)c1nn(-c2ccc(Cl)cc2F)c2occc2c1=O. The van der Waals surface area contributed by atoms with Crippen LogP contribution in [0.4, 0.5) is 4.39 Å². The van der Waals surface area contributed by atoms with Crippen LogP contribution < -0.4 is 5.43 Å². The predicted molar refractivity (Wildman–Crippen MR) is 71.5 cm³/mol. The maximum Gasteiger partial charge on any atom is 0.360 e. The number of aromatic nitrogens is 2. The molecule has 8 heteroatoms. The third kappa shape index (κ3) is 2.07. The van der Waals surface area contributed by atoms with Gasteiger partial charge in [-0.15, -0.1) is 0 Å². The number of halogens is 2. The molecular weight excluding hydrogens is 303 g/mol. The van der Waals surface area contributed by atoms with E-state index in [2.05, 4.69) is 5.10 Å². The largest absolute Gasteiger partial charge is 0.476 e. The fraction of sp³-hybridized carbons (Fsp3) is 0. The fourth-order valence-corrected chi connectivity index (χ4v) is 2.07. The highest BCUT2D eigenvalue weighted by atomic mass is 35.5. The summed E-state index contributed by atoms with van der Waals surface area (Å²) in [5, 5.41) is 12.9. The molecule has 0 bridgehead atoms. The average molecular weight is 309 g/mol. The summed E-state index contributed by atoms with van der Waals surface area (Å²) >= 11 is 5.67. The quantitative estimate of drug-likeness (QED) is 0.786. The number of benzene rings is 1. The molecule has 0 aliphatic heterocycles. The summed E-state index contributed by atoms with van der Waals surface area (Å²) in [5.41, 5.74) is -1.65. The minimum absolute atomic E-state index is 0.00301. The number of fused-ring (bicyclic) bond motifs is 1. The lowest BCUT2D eigenvalue weighted by atomic mass is 10.2. The zero-order valence-electron chi connectivity index (χ0n) is 10.2. The van der Waals surface area contributed by atoms with Crippen LogP contribution >= 0.6 is 11.6 Å². The molecule has 3 aromatic rings. The minimum atomic E-state index is -1.51.